The Morgan fingerprint density at radius 1 is 0.900 bits per heavy atom. The number of carbonyl (C=O) groups excluding carboxylic acids is 2. The zero-order valence-corrected chi connectivity index (χ0v) is 23.5. The van der Waals surface area contributed by atoms with Crippen molar-refractivity contribution < 1.29 is 19.1 Å². The first-order valence-electron chi connectivity index (χ1n) is 12.6. The molecular formula is C25H48O4Sn. The molecule has 1 heterocycles. The molecule has 1 rings (SSSR count). The van der Waals surface area contributed by atoms with Crippen LogP contribution < -0.4 is 0 Å². The van der Waals surface area contributed by atoms with Gasteiger partial charge in [0.2, 0.25) is 0 Å². The predicted molar refractivity (Wildman–Crippen MR) is 127 cm³/mol. The first-order valence-corrected chi connectivity index (χ1v) is 19.7. The van der Waals surface area contributed by atoms with Gasteiger partial charge >= 0.3 is 190 Å². The van der Waals surface area contributed by atoms with E-state index in [1.807, 2.05) is 6.92 Å². The molecule has 3 unspecified atom stereocenters. The molecule has 5 heteroatoms. The molecule has 0 bridgehead atoms. The number of carbonyl (C=O) groups is 2. The van der Waals surface area contributed by atoms with E-state index in [1.165, 1.54) is 86.4 Å². The summed E-state index contributed by atoms with van der Waals surface area (Å²) in [6.07, 6.45) is 14.5. The molecule has 1 aliphatic rings. The van der Waals surface area contributed by atoms with E-state index in [1.54, 1.807) is 6.92 Å². The maximum atomic E-state index is 12.3. The van der Waals surface area contributed by atoms with Crippen LogP contribution in [0.2, 0.25) is 12.3 Å². The molecule has 0 aromatic heterocycles. The van der Waals surface area contributed by atoms with E-state index in [-0.39, 0.29) is 22.2 Å². The summed E-state index contributed by atoms with van der Waals surface area (Å²) >= 11 is -3.01. The SMILES string of the molecule is CCCC[C]1(CCCC)CCC[CH2][Sn]1([CH2]CCC)[CH](CC(C)OC(C)=O)OC(C)=O. The molecule has 4 nitrogen and oxygen atoms in total. The fraction of sp³-hybridized carbons (Fsp3) is 0.920. The quantitative estimate of drug-likeness (QED) is 0.174. The van der Waals surface area contributed by atoms with Crippen LogP contribution in [0.1, 0.15) is 119 Å². The monoisotopic (exact) mass is 532 g/mol. The van der Waals surface area contributed by atoms with E-state index in [2.05, 4.69) is 20.8 Å². The number of rotatable bonds is 14. The summed E-state index contributed by atoms with van der Waals surface area (Å²) < 4.78 is 14.8. The van der Waals surface area contributed by atoms with Crippen LogP contribution in [0.15, 0.2) is 0 Å². The van der Waals surface area contributed by atoms with Gasteiger partial charge in [-0.05, 0) is 0 Å². The van der Waals surface area contributed by atoms with Gasteiger partial charge in [-0.2, -0.15) is 0 Å². The van der Waals surface area contributed by atoms with Gasteiger partial charge in [-0.15, -0.1) is 0 Å². The molecule has 0 N–H and O–H groups in total. The molecule has 0 aromatic carbocycles. The summed E-state index contributed by atoms with van der Waals surface area (Å²) in [6.45, 7) is 11.9. The fourth-order valence-corrected chi connectivity index (χ4v) is 28.1. The third kappa shape index (κ3) is 7.70. The maximum absolute atomic E-state index is 12.3. The van der Waals surface area contributed by atoms with Gasteiger partial charge in [-0.3, -0.25) is 0 Å². The van der Waals surface area contributed by atoms with Gasteiger partial charge < -0.3 is 0 Å². The Morgan fingerprint density at radius 2 is 1.47 bits per heavy atom. The number of hydrogen-bond donors (Lipinski definition) is 0. The van der Waals surface area contributed by atoms with E-state index >= 15 is 0 Å². The Kier molecular flexibility index (Phi) is 13.0. The molecule has 0 aliphatic carbocycles. The van der Waals surface area contributed by atoms with Crippen LogP contribution in [0.4, 0.5) is 0 Å². The number of unbranched alkanes of at least 4 members (excludes halogenated alkanes) is 3. The van der Waals surface area contributed by atoms with E-state index in [0.717, 1.165) is 0 Å². The van der Waals surface area contributed by atoms with Crippen LogP contribution in [0.3, 0.4) is 0 Å². The summed E-state index contributed by atoms with van der Waals surface area (Å²) in [4.78, 5) is 23.8. The molecule has 176 valence electrons. The number of ether oxygens (including phenoxy) is 2. The fourth-order valence-electron chi connectivity index (χ4n) is 6.09. The second-order valence-corrected chi connectivity index (χ2v) is 24.0. The summed E-state index contributed by atoms with van der Waals surface area (Å²) in [7, 11) is 0. The molecule has 30 heavy (non-hydrogen) atoms. The van der Waals surface area contributed by atoms with Crippen molar-refractivity contribution in [3.05, 3.63) is 0 Å². The Balaban J connectivity index is 3.45. The topological polar surface area (TPSA) is 52.6 Å². The van der Waals surface area contributed by atoms with Crippen molar-refractivity contribution in [2.24, 2.45) is 0 Å². The Morgan fingerprint density at radius 3 is 1.97 bits per heavy atom. The Bertz CT molecular complexity index is 513. The van der Waals surface area contributed by atoms with Crippen LogP contribution >= 0.6 is 0 Å². The summed E-state index contributed by atoms with van der Waals surface area (Å²) in [6, 6.07) is 0. The second-order valence-electron chi connectivity index (χ2n) is 9.71. The van der Waals surface area contributed by atoms with E-state index in [4.69, 9.17) is 9.47 Å². The first-order chi connectivity index (χ1) is 14.3. The molecule has 3 atom stereocenters. The number of hydrogen-bond acceptors (Lipinski definition) is 4. The minimum atomic E-state index is -3.01. The Hall–Kier alpha value is -0.261. The Labute approximate surface area is 190 Å². The predicted octanol–water partition coefficient (Wildman–Crippen LogP) is 7.35. The first kappa shape index (κ1) is 27.8. The van der Waals surface area contributed by atoms with Crippen molar-refractivity contribution in [2.75, 3.05) is 0 Å². The van der Waals surface area contributed by atoms with E-state index in [0.29, 0.717) is 9.85 Å². The molecule has 0 saturated carbocycles. The van der Waals surface area contributed by atoms with Gasteiger partial charge in [0.1, 0.15) is 0 Å². The van der Waals surface area contributed by atoms with Gasteiger partial charge in [-0.1, -0.05) is 0 Å². The van der Waals surface area contributed by atoms with Crippen molar-refractivity contribution in [1.29, 1.82) is 0 Å². The van der Waals surface area contributed by atoms with Crippen molar-refractivity contribution in [1.82, 2.24) is 0 Å². The average molecular weight is 531 g/mol. The zero-order chi connectivity index (χ0) is 22.6. The standard InChI is InChI=1S/C13H26.C8H13O4.C4H9.Sn/c1-4-7-10-13(11-8-5-2)12-9-6-3;1-6(12-8(3)10)4-5-11-7(2)9;1-3-4-2;/h1,4-12H2,2-3H3;5-6H,4H2,1-3H3;1,3-4H2,2H3;. The third-order valence-corrected chi connectivity index (χ3v) is 27.2. The van der Waals surface area contributed by atoms with Gasteiger partial charge in [-0.25, -0.2) is 0 Å². The second kappa shape index (κ2) is 14.0. The van der Waals surface area contributed by atoms with Crippen LogP contribution in [0, 0.1) is 0 Å². The van der Waals surface area contributed by atoms with Crippen molar-refractivity contribution in [3.63, 3.8) is 0 Å². The molecule has 0 aromatic rings. The normalized spacial score (nSPS) is 22.9. The van der Waals surface area contributed by atoms with Crippen molar-refractivity contribution >= 4 is 30.3 Å². The molecule has 1 fully saturated rings. The molecular weight excluding hydrogens is 483 g/mol. The molecule has 0 amide bonds. The summed E-state index contributed by atoms with van der Waals surface area (Å²) in [5.74, 6) is -0.401. The van der Waals surface area contributed by atoms with Gasteiger partial charge in [0.05, 0.1) is 0 Å². The van der Waals surface area contributed by atoms with Gasteiger partial charge in [0, 0.05) is 0 Å². The average Bonchev–Trinajstić information content (AvgIpc) is 2.68. The van der Waals surface area contributed by atoms with Crippen LogP contribution in [0.25, 0.3) is 0 Å². The van der Waals surface area contributed by atoms with Crippen LogP contribution in [-0.2, 0) is 19.1 Å². The third-order valence-electron chi connectivity index (χ3n) is 7.42. The van der Waals surface area contributed by atoms with Crippen molar-refractivity contribution in [3.8, 4) is 0 Å². The summed E-state index contributed by atoms with van der Waals surface area (Å²) in [5, 5.41) is 0. The van der Waals surface area contributed by atoms with E-state index < -0.39 is 18.4 Å². The molecule has 1 saturated heterocycles. The van der Waals surface area contributed by atoms with Crippen LogP contribution in [-0.4, -0.2) is 40.5 Å². The van der Waals surface area contributed by atoms with Crippen molar-refractivity contribution in [2.45, 2.75) is 141 Å². The van der Waals surface area contributed by atoms with Crippen LogP contribution in [0.5, 0.6) is 0 Å². The minimum absolute atomic E-state index is 0.0201. The zero-order valence-electron chi connectivity index (χ0n) is 20.7. The van der Waals surface area contributed by atoms with Gasteiger partial charge in [0.15, 0.2) is 0 Å². The molecule has 0 radical (unpaired) electrons. The van der Waals surface area contributed by atoms with Gasteiger partial charge in [0.25, 0.3) is 0 Å². The molecule has 0 spiro atoms. The number of esters is 2. The summed E-state index contributed by atoms with van der Waals surface area (Å²) in [5.41, 5.74) is 0. The van der Waals surface area contributed by atoms with E-state index in [9.17, 15) is 9.59 Å². The molecule has 1 aliphatic heterocycles.